The van der Waals surface area contributed by atoms with Gasteiger partial charge in [0.1, 0.15) is 23.6 Å². The number of amides is 2. The van der Waals surface area contributed by atoms with Gasteiger partial charge >= 0.3 is 6.18 Å². The zero-order valence-corrected chi connectivity index (χ0v) is 24.7. The molecule has 1 aromatic carbocycles. The molecule has 0 spiro atoms. The van der Waals surface area contributed by atoms with Gasteiger partial charge in [0.05, 0.1) is 11.6 Å². The summed E-state index contributed by atoms with van der Waals surface area (Å²) < 4.78 is 71.5. The van der Waals surface area contributed by atoms with Crippen molar-refractivity contribution in [3.8, 4) is 6.07 Å². The number of nitrogens with zero attached hydrogens (tertiary/aromatic N) is 5. The van der Waals surface area contributed by atoms with E-state index in [1.165, 1.54) is 6.07 Å². The van der Waals surface area contributed by atoms with Gasteiger partial charge in [-0.05, 0) is 62.1 Å². The van der Waals surface area contributed by atoms with Crippen molar-refractivity contribution in [2.45, 2.75) is 57.2 Å². The first-order valence-corrected chi connectivity index (χ1v) is 15.9. The largest absolute Gasteiger partial charge is 0.451 e. The lowest BCUT2D eigenvalue weighted by molar-refractivity contribution is -0.144. The van der Waals surface area contributed by atoms with Gasteiger partial charge in [0.15, 0.2) is 0 Å². The summed E-state index contributed by atoms with van der Waals surface area (Å²) in [4.78, 5) is 35.5. The zero-order valence-electron chi connectivity index (χ0n) is 23.9. The van der Waals surface area contributed by atoms with Crippen molar-refractivity contribution in [3.63, 3.8) is 0 Å². The molecule has 0 aliphatic carbocycles. The molecule has 0 radical (unpaired) electrons. The number of nitriles is 1. The Bertz CT molecular complexity index is 1470. The highest BCUT2D eigenvalue weighted by Gasteiger charge is 2.40. The number of carbonyl (C=O) groups excluding carboxylic acids is 2. The maximum Gasteiger partial charge on any atom is 0.451 e. The Morgan fingerprint density at radius 3 is 2.32 bits per heavy atom. The number of alkyl halides is 3. The van der Waals surface area contributed by atoms with Crippen molar-refractivity contribution in [2.24, 2.45) is 5.92 Å². The van der Waals surface area contributed by atoms with Gasteiger partial charge < -0.3 is 20.4 Å². The van der Waals surface area contributed by atoms with Crippen LogP contribution in [0.3, 0.4) is 0 Å². The van der Waals surface area contributed by atoms with Crippen LogP contribution in [0.5, 0.6) is 0 Å². The molecule has 12 nitrogen and oxygen atoms in total. The van der Waals surface area contributed by atoms with Gasteiger partial charge in [-0.1, -0.05) is 12.1 Å². The Kier molecular flexibility index (Phi) is 10.6. The zero-order chi connectivity index (χ0) is 31.9. The van der Waals surface area contributed by atoms with Gasteiger partial charge in [-0.2, -0.15) is 26.9 Å². The van der Waals surface area contributed by atoms with E-state index in [9.17, 15) is 31.2 Å². The molecular weight excluding hydrogens is 603 g/mol. The number of benzene rings is 1. The minimum Gasteiger partial charge on any atom is -0.356 e. The highest BCUT2D eigenvalue weighted by Crippen LogP contribution is 2.34. The van der Waals surface area contributed by atoms with Gasteiger partial charge in [0.2, 0.25) is 17.6 Å². The molecule has 1 atom stereocenters. The molecule has 2 amide bonds. The van der Waals surface area contributed by atoms with Crippen LogP contribution in [0.25, 0.3) is 0 Å². The number of anilines is 2. The minimum atomic E-state index is -4.78. The molecule has 3 N–H and O–H groups in total. The summed E-state index contributed by atoms with van der Waals surface area (Å²) in [5.41, 5.74) is 1.48. The normalized spacial score (nSPS) is 17.5. The van der Waals surface area contributed by atoms with E-state index in [2.05, 4.69) is 20.6 Å². The Hall–Kier alpha value is -3.97. The van der Waals surface area contributed by atoms with Crippen LogP contribution in [0.2, 0.25) is 0 Å². The lowest BCUT2D eigenvalue weighted by Crippen LogP contribution is -2.57. The average Bonchev–Trinajstić information content (AvgIpc) is 2.95. The van der Waals surface area contributed by atoms with E-state index in [0.29, 0.717) is 70.3 Å². The molecular formula is C28H34F3N7O5S. The van der Waals surface area contributed by atoms with E-state index in [1.807, 2.05) is 6.07 Å². The van der Waals surface area contributed by atoms with E-state index in [1.54, 1.807) is 34.1 Å². The number of nitrogens with one attached hydrogen (secondary N) is 2. The van der Waals surface area contributed by atoms with Crippen molar-refractivity contribution in [3.05, 3.63) is 47.3 Å². The van der Waals surface area contributed by atoms with E-state index in [-0.39, 0.29) is 29.9 Å². The van der Waals surface area contributed by atoms with Crippen LogP contribution < -0.4 is 20.4 Å². The van der Waals surface area contributed by atoms with E-state index in [4.69, 9.17) is 9.81 Å². The molecule has 0 unspecified atom stereocenters. The molecule has 238 valence electrons. The van der Waals surface area contributed by atoms with Crippen LogP contribution >= 0.6 is 0 Å². The van der Waals surface area contributed by atoms with Crippen LogP contribution in [0, 0.1) is 17.2 Å². The number of halogens is 3. The quantitative estimate of drug-likeness (QED) is 0.294. The second-order valence-electron chi connectivity index (χ2n) is 10.9. The lowest BCUT2D eigenvalue weighted by Gasteiger charge is -2.41. The smallest absolute Gasteiger partial charge is 0.356 e. The minimum absolute atomic E-state index is 0.0406. The molecule has 16 heteroatoms. The summed E-state index contributed by atoms with van der Waals surface area (Å²) in [5, 5.41) is 13.9. The molecule has 2 aromatic rings. The molecule has 3 heterocycles. The van der Waals surface area contributed by atoms with Crippen LogP contribution in [0.15, 0.2) is 30.3 Å². The first kappa shape index (κ1) is 32.9. The number of piperidine rings is 1. The fourth-order valence-electron chi connectivity index (χ4n) is 5.25. The fourth-order valence-corrected chi connectivity index (χ4v) is 5.59. The standard InChI is InChI=1S/C28H34F3N7O5S/c29-28(30,31)27-35-23(37-13-9-19(10-14-37)2-1-3-25(39)34-18-44(41,42)43)16-24(36-27)38-15-11-22(38)26(40)33-12-8-20-4-6-21(17-32)7-5-20/h4-7,16,19,22H,1-3,8-15,18H2,(H,33,40)(H,34,39)(H,41,42,43)/t22-/m0/s1. The number of rotatable bonds is 12. The SMILES string of the molecule is N#Cc1ccc(CCNC(=O)[C@@H]2CCN2c2cc(N3CCC(CCCC(=O)NCS(=O)(=O)O)CC3)nc(C(F)(F)F)n2)cc1. The van der Waals surface area contributed by atoms with Gasteiger partial charge in [0, 0.05) is 38.7 Å². The van der Waals surface area contributed by atoms with Crippen LogP contribution in [-0.4, -0.2) is 72.9 Å². The molecule has 0 bridgehead atoms. The number of hydrogen-bond acceptors (Lipinski definition) is 9. The Labute approximate surface area is 253 Å². The van der Waals surface area contributed by atoms with E-state index >= 15 is 0 Å². The predicted octanol–water partition coefficient (Wildman–Crippen LogP) is 2.65. The Balaban J connectivity index is 1.32. The Morgan fingerprint density at radius 2 is 1.73 bits per heavy atom. The van der Waals surface area contributed by atoms with Crippen LogP contribution in [-0.2, 0) is 32.3 Å². The third-order valence-electron chi connectivity index (χ3n) is 7.77. The number of hydrogen-bond donors (Lipinski definition) is 3. The van der Waals surface area contributed by atoms with Crippen molar-refractivity contribution in [1.29, 1.82) is 5.26 Å². The summed E-state index contributed by atoms with van der Waals surface area (Å²) >= 11 is 0. The summed E-state index contributed by atoms with van der Waals surface area (Å²) in [6.07, 6.45) is -1.14. The van der Waals surface area contributed by atoms with Crippen molar-refractivity contribution >= 4 is 33.6 Å². The van der Waals surface area contributed by atoms with Gasteiger partial charge in [0.25, 0.3) is 10.1 Å². The van der Waals surface area contributed by atoms with Gasteiger partial charge in [-0.15, -0.1) is 0 Å². The lowest BCUT2D eigenvalue weighted by atomic mass is 9.91. The second-order valence-corrected chi connectivity index (χ2v) is 12.4. The second kappa shape index (κ2) is 14.2. The number of carbonyl (C=O) groups is 2. The van der Waals surface area contributed by atoms with Crippen LogP contribution in [0.1, 0.15) is 55.5 Å². The molecule has 2 saturated heterocycles. The maximum atomic E-state index is 13.8. The molecule has 2 fully saturated rings. The molecule has 1 aromatic heterocycles. The molecule has 2 aliphatic rings. The maximum absolute atomic E-state index is 13.8. The average molecular weight is 638 g/mol. The third kappa shape index (κ3) is 9.26. The summed E-state index contributed by atoms with van der Waals surface area (Å²) in [5.74, 6) is -2.49. The summed E-state index contributed by atoms with van der Waals surface area (Å²) in [6, 6.07) is 9.88. The predicted molar refractivity (Wildman–Crippen MR) is 154 cm³/mol. The highest BCUT2D eigenvalue weighted by atomic mass is 32.2. The fraction of sp³-hybridized carbons (Fsp3) is 0.536. The highest BCUT2D eigenvalue weighted by molar-refractivity contribution is 7.85. The van der Waals surface area contributed by atoms with Gasteiger partial charge in [-0.3, -0.25) is 14.1 Å². The molecule has 44 heavy (non-hydrogen) atoms. The number of aromatic nitrogens is 2. The van der Waals surface area contributed by atoms with E-state index in [0.717, 1.165) is 5.56 Å². The first-order valence-electron chi connectivity index (χ1n) is 14.3. The van der Waals surface area contributed by atoms with Crippen molar-refractivity contribution in [2.75, 3.05) is 41.9 Å². The molecule has 2 aliphatic heterocycles. The summed E-state index contributed by atoms with van der Waals surface area (Å²) in [7, 11) is -4.29. The van der Waals surface area contributed by atoms with E-state index < -0.39 is 39.9 Å². The van der Waals surface area contributed by atoms with Gasteiger partial charge in [-0.25, -0.2) is 9.97 Å². The molecule has 4 rings (SSSR count). The monoisotopic (exact) mass is 637 g/mol. The molecule has 0 saturated carbocycles. The van der Waals surface area contributed by atoms with Crippen molar-refractivity contribution in [1.82, 2.24) is 20.6 Å². The first-order chi connectivity index (χ1) is 20.8. The third-order valence-corrected chi connectivity index (χ3v) is 8.28. The summed E-state index contributed by atoms with van der Waals surface area (Å²) in [6.45, 7) is 1.61. The Morgan fingerprint density at radius 1 is 1.05 bits per heavy atom. The van der Waals surface area contributed by atoms with Crippen LogP contribution in [0.4, 0.5) is 24.8 Å². The topological polar surface area (TPSA) is 169 Å². The van der Waals surface area contributed by atoms with Crippen molar-refractivity contribution < 1.29 is 35.7 Å².